The van der Waals surface area contributed by atoms with E-state index < -0.39 is 0 Å². The molecule has 1 aromatic carbocycles. The van der Waals surface area contributed by atoms with Crippen LogP contribution in [0.5, 0.6) is 0 Å². The Balaban J connectivity index is 1.66. The van der Waals surface area contributed by atoms with Crippen LogP contribution >= 0.6 is 0 Å². The molecule has 1 saturated carbocycles. The molecular formula is C17H25N3O. The second-order valence-corrected chi connectivity index (χ2v) is 6.32. The molecular weight excluding hydrogens is 262 g/mol. The van der Waals surface area contributed by atoms with Gasteiger partial charge in [-0.25, -0.2) is 0 Å². The van der Waals surface area contributed by atoms with Crippen molar-refractivity contribution < 1.29 is 4.79 Å². The van der Waals surface area contributed by atoms with Crippen LogP contribution in [0.2, 0.25) is 0 Å². The van der Waals surface area contributed by atoms with Crippen LogP contribution in [0.3, 0.4) is 0 Å². The summed E-state index contributed by atoms with van der Waals surface area (Å²) in [6.07, 6.45) is 7.11. The Morgan fingerprint density at radius 1 is 1.33 bits per heavy atom. The van der Waals surface area contributed by atoms with Gasteiger partial charge >= 0.3 is 0 Å². The fourth-order valence-corrected chi connectivity index (χ4v) is 3.67. The van der Waals surface area contributed by atoms with Gasteiger partial charge in [-0.05, 0) is 30.9 Å². The Kier molecular flexibility index (Phi) is 4.04. The first kappa shape index (κ1) is 14.2. The molecule has 0 saturated heterocycles. The third kappa shape index (κ3) is 2.85. The largest absolute Gasteiger partial charge is 0.397 e. The van der Waals surface area contributed by atoms with Crippen LogP contribution in [-0.2, 0) is 11.2 Å². The molecule has 1 aliphatic heterocycles. The lowest BCUT2D eigenvalue weighted by Crippen LogP contribution is -2.44. The standard InChI is InChI=1S/C17H25N3O/c1-19(14-7-3-2-4-8-14)16(21)12-20-11-10-13-6-5-9-15(18)17(13)20/h5-6,9,14H,2-4,7-8,10-12,18H2,1H3. The molecule has 1 fully saturated rings. The van der Waals surface area contributed by atoms with Crippen LogP contribution in [0.15, 0.2) is 18.2 Å². The minimum atomic E-state index is 0.220. The maximum Gasteiger partial charge on any atom is 0.242 e. The molecule has 1 aliphatic carbocycles. The van der Waals surface area contributed by atoms with Crippen LogP contribution in [0.4, 0.5) is 11.4 Å². The number of benzene rings is 1. The first-order valence-electron chi connectivity index (χ1n) is 8.05. The van der Waals surface area contributed by atoms with Crippen molar-refractivity contribution in [3.8, 4) is 0 Å². The highest BCUT2D eigenvalue weighted by Gasteiger charge is 2.27. The smallest absolute Gasteiger partial charge is 0.242 e. The van der Waals surface area contributed by atoms with Crippen molar-refractivity contribution >= 4 is 17.3 Å². The number of hydrogen-bond acceptors (Lipinski definition) is 3. The van der Waals surface area contributed by atoms with Gasteiger partial charge in [-0.15, -0.1) is 0 Å². The minimum absolute atomic E-state index is 0.220. The normalized spacial score (nSPS) is 18.6. The topological polar surface area (TPSA) is 49.6 Å². The molecule has 3 rings (SSSR count). The van der Waals surface area contributed by atoms with Gasteiger partial charge in [-0.3, -0.25) is 4.79 Å². The number of nitrogens with zero attached hydrogens (tertiary/aromatic N) is 2. The molecule has 0 radical (unpaired) electrons. The summed E-state index contributed by atoms with van der Waals surface area (Å²) >= 11 is 0. The Morgan fingerprint density at radius 2 is 2.10 bits per heavy atom. The van der Waals surface area contributed by atoms with Gasteiger partial charge in [0.25, 0.3) is 0 Å². The number of nitrogen functional groups attached to an aromatic ring is 1. The van der Waals surface area contributed by atoms with Gasteiger partial charge in [0.2, 0.25) is 5.91 Å². The van der Waals surface area contributed by atoms with Crippen LogP contribution in [0, 0.1) is 0 Å². The van der Waals surface area contributed by atoms with Crippen LogP contribution in [0.25, 0.3) is 0 Å². The van der Waals surface area contributed by atoms with E-state index in [0.29, 0.717) is 12.6 Å². The third-order valence-corrected chi connectivity index (χ3v) is 4.96. The lowest BCUT2D eigenvalue weighted by Gasteiger charge is -2.33. The number of nitrogens with two attached hydrogens (primary N) is 1. The number of rotatable bonds is 3. The second kappa shape index (κ2) is 5.96. The molecule has 0 unspecified atom stereocenters. The first-order chi connectivity index (χ1) is 10.2. The van der Waals surface area contributed by atoms with Gasteiger partial charge in [0.1, 0.15) is 0 Å². The predicted molar refractivity (Wildman–Crippen MR) is 86.4 cm³/mol. The quantitative estimate of drug-likeness (QED) is 0.869. The number of carbonyl (C=O) groups is 1. The monoisotopic (exact) mass is 287 g/mol. The fraction of sp³-hybridized carbons (Fsp3) is 0.588. The van der Waals surface area contributed by atoms with E-state index in [2.05, 4.69) is 11.0 Å². The van der Waals surface area contributed by atoms with Crippen molar-refractivity contribution in [2.24, 2.45) is 0 Å². The molecule has 2 N–H and O–H groups in total. The van der Waals surface area contributed by atoms with E-state index in [9.17, 15) is 4.79 Å². The highest BCUT2D eigenvalue weighted by Crippen LogP contribution is 2.33. The number of amides is 1. The Morgan fingerprint density at radius 3 is 2.86 bits per heavy atom. The van der Waals surface area contributed by atoms with Gasteiger partial charge in [-0.2, -0.15) is 0 Å². The molecule has 21 heavy (non-hydrogen) atoms. The highest BCUT2D eigenvalue weighted by atomic mass is 16.2. The Bertz CT molecular complexity index is 523. The summed E-state index contributed by atoms with van der Waals surface area (Å²) in [5.74, 6) is 0.220. The van der Waals surface area contributed by atoms with Crippen LogP contribution in [-0.4, -0.2) is 37.0 Å². The van der Waals surface area contributed by atoms with E-state index in [4.69, 9.17) is 5.73 Å². The number of para-hydroxylation sites is 1. The number of anilines is 2. The van der Waals surface area contributed by atoms with Gasteiger partial charge in [-0.1, -0.05) is 31.4 Å². The molecule has 2 aliphatic rings. The zero-order valence-corrected chi connectivity index (χ0v) is 12.8. The van der Waals surface area contributed by atoms with E-state index in [0.717, 1.165) is 37.2 Å². The average Bonchev–Trinajstić information content (AvgIpc) is 2.92. The van der Waals surface area contributed by atoms with Crippen molar-refractivity contribution in [1.29, 1.82) is 0 Å². The molecule has 1 amide bonds. The minimum Gasteiger partial charge on any atom is -0.397 e. The summed E-state index contributed by atoms with van der Waals surface area (Å²) in [5, 5.41) is 0. The van der Waals surface area contributed by atoms with Crippen molar-refractivity contribution in [2.75, 3.05) is 30.8 Å². The van der Waals surface area contributed by atoms with Gasteiger partial charge in [0, 0.05) is 19.6 Å². The van der Waals surface area contributed by atoms with E-state index >= 15 is 0 Å². The summed E-state index contributed by atoms with van der Waals surface area (Å²) < 4.78 is 0. The lowest BCUT2D eigenvalue weighted by atomic mass is 9.94. The van der Waals surface area contributed by atoms with E-state index in [-0.39, 0.29) is 5.91 Å². The van der Waals surface area contributed by atoms with E-state index in [1.165, 1.54) is 24.8 Å². The molecule has 1 aromatic rings. The first-order valence-corrected chi connectivity index (χ1v) is 8.05. The molecule has 0 aromatic heterocycles. The fourth-order valence-electron chi connectivity index (χ4n) is 3.67. The van der Waals surface area contributed by atoms with Crippen molar-refractivity contribution in [3.05, 3.63) is 23.8 Å². The van der Waals surface area contributed by atoms with Crippen molar-refractivity contribution in [3.63, 3.8) is 0 Å². The number of carbonyl (C=O) groups excluding carboxylic acids is 1. The zero-order chi connectivity index (χ0) is 14.8. The van der Waals surface area contributed by atoms with Gasteiger partial charge in [0.15, 0.2) is 0 Å². The van der Waals surface area contributed by atoms with Crippen molar-refractivity contribution in [1.82, 2.24) is 4.90 Å². The molecule has 1 heterocycles. The summed E-state index contributed by atoms with van der Waals surface area (Å²) in [7, 11) is 1.96. The maximum atomic E-state index is 12.6. The summed E-state index contributed by atoms with van der Waals surface area (Å²) in [6, 6.07) is 6.46. The number of fused-ring (bicyclic) bond motifs is 1. The average molecular weight is 287 g/mol. The number of hydrogen-bond donors (Lipinski definition) is 1. The highest BCUT2D eigenvalue weighted by molar-refractivity contribution is 5.85. The molecule has 4 nitrogen and oxygen atoms in total. The summed E-state index contributed by atoms with van der Waals surface area (Å²) in [6.45, 7) is 1.35. The third-order valence-electron chi connectivity index (χ3n) is 4.96. The maximum absolute atomic E-state index is 12.6. The SMILES string of the molecule is CN(C(=O)CN1CCc2cccc(N)c21)C1CCCCC1. The molecule has 0 atom stereocenters. The Hall–Kier alpha value is -1.71. The lowest BCUT2D eigenvalue weighted by molar-refractivity contribution is -0.131. The second-order valence-electron chi connectivity index (χ2n) is 6.32. The zero-order valence-electron chi connectivity index (χ0n) is 12.8. The predicted octanol–water partition coefficient (Wildman–Crippen LogP) is 2.42. The van der Waals surface area contributed by atoms with E-state index in [1.807, 2.05) is 24.1 Å². The van der Waals surface area contributed by atoms with Gasteiger partial charge < -0.3 is 15.5 Å². The molecule has 4 heteroatoms. The molecule has 0 bridgehead atoms. The summed E-state index contributed by atoms with van der Waals surface area (Å²) in [5.41, 5.74) is 9.22. The van der Waals surface area contributed by atoms with Crippen LogP contribution in [0.1, 0.15) is 37.7 Å². The Labute approximate surface area is 126 Å². The van der Waals surface area contributed by atoms with Crippen LogP contribution < -0.4 is 10.6 Å². The number of likely N-dealkylation sites (N-methyl/N-ethyl adjacent to an activating group) is 1. The van der Waals surface area contributed by atoms with Gasteiger partial charge in [0.05, 0.1) is 17.9 Å². The van der Waals surface area contributed by atoms with E-state index in [1.54, 1.807) is 0 Å². The van der Waals surface area contributed by atoms with Crippen molar-refractivity contribution in [2.45, 2.75) is 44.6 Å². The molecule has 114 valence electrons. The molecule has 0 spiro atoms. The summed E-state index contributed by atoms with van der Waals surface area (Å²) in [4.78, 5) is 16.7.